The number of carbonyl (C=O) groups is 1. The number of phenols is 1. The number of aryl methyl sites for hydroxylation is 2. The van der Waals surface area contributed by atoms with Crippen molar-refractivity contribution in [2.45, 2.75) is 19.9 Å². The molecule has 1 heterocycles. The Hall–Kier alpha value is -2.30. The highest BCUT2D eigenvalue weighted by Crippen LogP contribution is 2.31. The number of urea groups is 1. The molecular weight excluding hydrogens is 242 g/mol. The third kappa shape index (κ3) is 2.19. The summed E-state index contributed by atoms with van der Waals surface area (Å²) >= 11 is 0. The molecule has 1 aromatic carbocycles. The van der Waals surface area contributed by atoms with Crippen molar-refractivity contribution in [3.8, 4) is 5.75 Å². The number of aromatic hydroxyl groups is 1. The Bertz CT molecular complexity index is 543. The minimum absolute atomic E-state index is 0.149. The number of hydrogen-bond donors (Lipinski definition) is 3. The van der Waals surface area contributed by atoms with Gasteiger partial charge in [-0.3, -0.25) is 10.7 Å². The lowest BCUT2D eigenvalue weighted by atomic mass is 9.99. The van der Waals surface area contributed by atoms with Crippen LogP contribution in [0, 0.1) is 19.3 Å². The van der Waals surface area contributed by atoms with Crippen molar-refractivity contribution < 1.29 is 9.90 Å². The molecule has 1 atom stereocenters. The summed E-state index contributed by atoms with van der Waals surface area (Å²) in [7, 11) is 0. The van der Waals surface area contributed by atoms with Crippen molar-refractivity contribution in [3.05, 3.63) is 41.5 Å². The summed E-state index contributed by atoms with van der Waals surface area (Å²) in [6.45, 7) is 7.61. The van der Waals surface area contributed by atoms with Gasteiger partial charge in [-0.1, -0.05) is 6.08 Å². The van der Waals surface area contributed by atoms with E-state index in [1.54, 1.807) is 37.0 Å². The van der Waals surface area contributed by atoms with Gasteiger partial charge in [0.15, 0.2) is 0 Å². The zero-order chi connectivity index (χ0) is 14.2. The zero-order valence-corrected chi connectivity index (χ0v) is 11.0. The van der Waals surface area contributed by atoms with E-state index in [0.717, 1.165) is 16.7 Å². The summed E-state index contributed by atoms with van der Waals surface area (Å²) in [5.41, 5.74) is 2.29. The Morgan fingerprint density at radius 1 is 1.47 bits per heavy atom. The number of benzene rings is 1. The number of amidine groups is 1. The molecule has 1 unspecified atom stereocenters. The predicted octanol–water partition coefficient (Wildman–Crippen LogP) is 2.24. The molecule has 2 rings (SSSR count). The summed E-state index contributed by atoms with van der Waals surface area (Å²) < 4.78 is 0. The van der Waals surface area contributed by atoms with Crippen LogP contribution in [0.4, 0.5) is 4.79 Å². The van der Waals surface area contributed by atoms with Gasteiger partial charge < -0.3 is 10.0 Å². The van der Waals surface area contributed by atoms with Crippen molar-refractivity contribution in [1.82, 2.24) is 10.2 Å². The predicted molar refractivity (Wildman–Crippen MR) is 73.5 cm³/mol. The number of nitrogens with one attached hydrogen (secondary N) is 2. The van der Waals surface area contributed by atoms with E-state index in [9.17, 15) is 9.90 Å². The largest absolute Gasteiger partial charge is 0.507 e. The lowest BCUT2D eigenvalue weighted by Gasteiger charge is -2.22. The standard InChI is InChI=1S/C14H17N3O2/c1-4-5-17-11(13(15)16-14(17)19)10-6-8(2)12(18)9(3)7-10/h4,6-7,11,18H,1,5H2,2-3H3,(H2,15,16,19). The second-order valence-electron chi connectivity index (χ2n) is 4.69. The van der Waals surface area contributed by atoms with Gasteiger partial charge in [0.25, 0.3) is 0 Å². The first-order valence-corrected chi connectivity index (χ1v) is 6.02. The van der Waals surface area contributed by atoms with Crippen LogP contribution in [0.1, 0.15) is 22.7 Å². The van der Waals surface area contributed by atoms with Gasteiger partial charge >= 0.3 is 6.03 Å². The third-order valence-corrected chi connectivity index (χ3v) is 3.24. The quantitative estimate of drug-likeness (QED) is 0.728. The topological polar surface area (TPSA) is 76.4 Å². The highest BCUT2D eigenvalue weighted by Gasteiger charge is 2.36. The molecular formula is C14H17N3O2. The number of amides is 2. The van der Waals surface area contributed by atoms with Gasteiger partial charge in [-0.05, 0) is 42.7 Å². The first-order valence-electron chi connectivity index (χ1n) is 6.02. The van der Waals surface area contributed by atoms with E-state index in [4.69, 9.17) is 5.41 Å². The van der Waals surface area contributed by atoms with Crippen LogP contribution in [0.15, 0.2) is 24.8 Å². The van der Waals surface area contributed by atoms with Crippen LogP contribution in [0.25, 0.3) is 0 Å². The molecule has 19 heavy (non-hydrogen) atoms. The minimum atomic E-state index is -0.441. The van der Waals surface area contributed by atoms with E-state index in [2.05, 4.69) is 11.9 Å². The molecule has 1 saturated heterocycles. The first kappa shape index (κ1) is 13.1. The maximum absolute atomic E-state index is 11.8. The van der Waals surface area contributed by atoms with Crippen LogP contribution >= 0.6 is 0 Å². The molecule has 0 radical (unpaired) electrons. The second kappa shape index (κ2) is 4.76. The average molecular weight is 259 g/mol. The second-order valence-corrected chi connectivity index (χ2v) is 4.69. The van der Waals surface area contributed by atoms with E-state index < -0.39 is 6.04 Å². The monoisotopic (exact) mass is 259 g/mol. The molecule has 1 aliphatic heterocycles. The smallest absolute Gasteiger partial charge is 0.323 e. The van der Waals surface area contributed by atoms with E-state index >= 15 is 0 Å². The van der Waals surface area contributed by atoms with E-state index in [1.165, 1.54) is 0 Å². The van der Waals surface area contributed by atoms with Crippen molar-refractivity contribution in [3.63, 3.8) is 0 Å². The highest BCUT2D eigenvalue weighted by atomic mass is 16.3. The van der Waals surface area contributed by atoms with E-state index in [1.807, 2.05) is 0 Å². The molecule has 0 saturated carbocycles. The van der Waals surface area contributed by atoms with Gasteiger partial charge in [-0.15, -0.1) is 6.58 Å². The molecule has 1 aromatic rings. The Kier molecular flexibility index (Phi) is 3.29. The van der Waals surface area contributed by atoms with Gasteiger partial charge in [0.2, 0.25) is 0 Å². The fraction of sp³-hybridized carbons (Fsp3) is 0.286. The molecule has 5 nitrogen and oxygen atoms in total. The molecule has 1 fully saturated rings. The summed E-state index contributed by atoms with van der Waals surface area (Å²) in [6, 6.07) is 2.87. The minimum Gasteiger partial charge on any atom is -0.507 e. The average Bonchev–Trinajstić information content (AvgIpc) is 2.61. The molecule has 3 N–H and O–H groups in total. The fourth-order valence-corrected chi connectivity index (χ4v) is 2.35. The Morgan fingerprint density at radius 3 is 2.58 bits per heavy atom. The molecule has 0 aliphatic carbocycles. The Labute approximate surface area is 112 Å². The van der Waals surface area contributed by atoms with Crippen LogP contribution in [0.5, 0.6) is 5.75 Å². The molecule has 0 bridgehead atoms. The summed E-state index contributed by atoms with van der Waals surface area (Å²) in [4.78, 5) is 13.3. The maximum Gasteiger partial charge on any atom is 0.323 e. The van der Waals surface area contributed by atoms with Gasteiger partial charge in [-0.25, -0.2) is 4.79 Å². The van der Waals surface area contributed by atoms with Crippen molar-refractivity contribution in [2.24, 2.45) is 0 Å². The van der Waals surface area contributed by atoms with Crippen LogP contribution in [0.3, 0.4) is 0 Å². The van der Waals surface area contributed by atoms with Gasteiger partial charge in [0.05, 0.1) is 0 Å². The lowest BCUT2D eigenvalue weighted by molar-refractivity contribution is 0.211. The number of phenolic OH excluding ortho intramolecular Hbond substituents is 1. The van der Waals surface area contributed by atoms with Crippen molar-refractivity contribution in [1.29, 1.82) is 5.41 Å². The molecule has 0 spiro atoms. The number of rotatable bonds is 3. The third-order valence-electron chi connectivity index (χ3n) is 3.24. The normalized spacial score (nSPS) is 18.6. The number of nitrogens with zero attached hydrogens (tertiary/aromatic N) is 1. The summed E-state index contributed by atoms with van der Waals surface area (Å²) in [6.07, 6.45) is 1.63. The first-order chi connectivity index (χ1) is 8.95. The molecule has 2 amide bonds. The maximum atomic E-state index is 11.8. The van der Waals surface area contributed by atoms with E-state index in [0.29, 0.717) is 6.54 Å². The summed E-state index contributed by atoms with van der Waals surface area (Å²) in [5, 5.41) is 20.2. The highest BCUT2D eigenvalue weighted by molar-refractivity contribution is 6.06. The summed E-state index contributed by atoms with van der Waals surface area (Å²) in [5.74, 6) is 0.402. The number of hydrogen-bond acceptors (Lipinski definition) is 3. The SMILES string of the molecule is C=CCN1C(=O)NC(=N)C1c1cc(C)c(O)c(C)c1. The Morgan fingerprint density at radius 2 is 2.05 bits per heavy atom. The molecule has 0 aromatic heterocycles. The fourth-order valence-electron chi connectivity index (χ4n) is 2.35. The van der Waals surface area contributed by atoms with Crippen LogP contribution < -0.4 is 5.32 Å². The lowest BCUT2D eigenvalue weighted by Crippen LogP contribution is -2.29. The Balaban J connectivity index is 2.46. The van der Waals surface area contributed by atoms with Gasteiger partial charge in [-0.2, -0.15) is 0 Å². The van der Waals surface area contributed by atoms with Crippen LogP contribution in [-0.2, 0) is 0 Å². The van der Waals surface area contributed by atoms with Crippen molar-refractivity contribution >= 4 is 11.9 Å². The molecule has 100 valence electrons. The molecule has 5 heteroatoms. The zero-order valence-electron chi connectivity index (χ0n) is 11.0. The van der Waals surface area contributed by atoms with Crippen molar-refractivity contribution in [2.75, 3.05) is 6.54 Å². The van der Waals surface area contributed by atoms with E-state index in [-0.39, 0.29) is 17.6 Å². The van der Waals surface area contributed by atoms with Crippen LogP contribution in [-0.4, -0.2) is 28.4 Å². The molecule has 1 aliphatic rings. The van der Waals surface area contributed by atoms with Gasteiger partial charge in [0.1, 0.15) is 17.6 Å². The van der Waals surface area contributed by atoms with Crippen LogP contribution in [0.2, 0.25) is 0 Å². The van der Waals surface area contributed by atoms with Gasteiger partial charge in [0, 0.05) is 6.54 Å². The number of carbonyl (C=O) groups excluding carboxylic acids is 1.